The highest BCUT2D eigenvalue weighted by molar-refractivity contribution is 5.67. The van der Waals surface area contributed by atoms with Crippen LogP contribution in [0.4, 0.5) is 9.59 Å². The molecule has 0 aliphatic rings. The van der Waals surface area contributed by atoms with E-state index in [-0.39, 0.29) is 13.2 Å². The number of hydrogen-bond acceptors (Lipinski definition) is 5. The smallest absolute Gasteiger partial charge is 0.407 e. The molecule has 0 bridgehead atoms. The molecule has 0 aliphatic heterocycles. The monoisotopic (exact) mass is 371 g/mol. The standard InChI is InChI=1S/C20H25N3O4/c24-19(26-15-17-7-3-1-4-8-17)22-13-11-21-12-14-23-20(25)27-16-18-9-5-2-6-10-18/h1-10,21H,11-16H2,(H,22,24)(H,23,25). The molecule has 0 radical (unpaired) electrons. The first kappa shape index (κ1) is 20.3. The van der Waals surface area contributed by atoms with Crippen molar-refractivity contribution in [1.29, 1.82) is 0 Å². The van der Waals surface area contributed by atoms with Gasteiger partial charge >= 0.3 is 12.2 Å². The van der Waals surface area contributed by atoms with Crippen LogP contribution in [0.2, 0.25) is 0 Å². The van der Waals surface area contributed by atoms with E-state index in [2.05, 4.69) is 16.0 Å². The molecular formula is C20H25N3O4. The zero-order valence-corrected chi connectivity index (χ0v) is 15.1. The SMILES string of the molecule is O=C(NCCNCCNC(=O)OCc1ccccc1)OCc1ccccc1. The summed E-state index contributed by atoms with van der Waals surface area (Å²) in [5, 5.41) is 8.41. The number of nitrogens with one attached hydrogen (secondary N) is 3. The number of amides is 2. The topological polar surface area (TPSA) is 88.7 Å². The molecule has 0 heterocycles. The van der Waals surface area contributed by atoms with Gasteiger partial charge in [0.1, 0.15) is 13.2 Å². The summed E-state index contributed by atoms with van der Waals surface area (Å²) in [7, 11) is 0. The molecule has 2 amide bonds. The molecule has 144 valence electrons. The second-order valence-electron chi connectivity index (χ2n) is 5.73. The van der Waals surface area contributed by atoms with Crippen LogP contribution in [-0.4, -0.2) is 38.4 Å². The van der Waals surface area contributed by atoms with Gasteiger partial charge in [0, 0.05) is 26.2 Å². The summed E-state index contributed by atoms with van der Waals surface area (Å²) in [6, 6.07) is 19.0. The third-order valence-electron chi connectivity index (χ3n) is 3.57. The molecule has 0 fully saturated rings. The summed E-state index contributed by atoms with van der Waals surface area (Å²) in [6.07, 6.45) is -0.911. The zero-order chi connectivity index (χ0) is 19.2. The van der Waals surface area contributed by atoms with Crippen LogP contribution in [-0.2, 0) is 22.7 Å². The Kier molecular flexibility index (Phi) is 9.24. The van der Waals surface area contributed by atoms with Crippen LogP contribution in [0.5, 0.6) is 0 Å². The van der Waals surface area contributed by atoms with Crippen molar-refractivity contribution < 1.29 is 19.1 Å². The zero-order valence-electron chi connectivity index (χ0n) is 15.1. The van der Waals surface area contributed by atoms with Crippen molar-refractivity contribution in [1.82, 2.24) is 16.0 Å². The van der Waals surface area contributed by atoms with E-state index in [0.29, 0.717) is 26.2 Å². The molecular weight excluding hydrogens is 346 g/mol. The third kappa shape index (κ3) is 9.27. The Labute approximate surface area is 159 Å². The maximum absolute atomic E-state index is 11.5. The number of benzene rings is 2. The van der Waals surface area contributed by atoms with Gasteiger partial charge in [0.25, 0.3) is 0 Å². The van der Waals surface area contributed by atoms with E-state index >= 15 is 0 Å². The Morgan fingerprint density at radius 2 is 1.04 bits per heavy atom. The van der Waals surface area contributed by atoms with Gasteiger partial charge in [-0.15, -0.1) is 0 Å². The summed E-state index contributed by atoms with van der Waals surface area (Å²) in [5.74, 6) is 0. The van der Waals surface area contributed by atoms with Gasteiger partial charge in [0.15, 0.2) is 0 Å². The molecule has 27 heavy (non-hydrogen) atoms. The fraction of sp³-hybridized carbons (Fsp3) is 0.300. The minimum absolute atomic E-state index is 0.245. The lowest BCUT2D eigenvalue weighted by Crippen LogP contribution is -2.36. The molecule has 0 spiro atoms. The highest BCUT2D eigenvalue weighted by Gasteiger charge is 2.03. The Balaban J connectivity index is 1.41. The van der Waals surface area contributed by atoms with E-state index in [1.165, 1.54) is 0 Å². The quantitative estimate of drug-likeness (QED) is 0.558. The highest BCUT2D eigenvalue weighted by atomic mass is 16.6. The number of carbonyl (C=O) groups excluding carboxylic acids is 2. The van der Waals surface area contributed by atoms with Gasteiger partial charge in [-0.25, -0.2) is 9.59 Å². The Bertz CT molecular complexity index is 621. The van der Waals surface area contributed by atoms with Gasteiger partial charge in [0.2, 0.25) is 0 Å². The fourth-order valence-electron chi connectivity index (χ4n) is 2.18. The van der Waals surface area contributed by atoms with E-state index in [0.717, 1.165) is 11.1 Å². The Morgan fingerprint density at radius 3 is 1.44 bits per heavy atom. The fourth-order valence-corrected chi connectivity index (χ4v) is 2.18. The van der Waals surface area contributed by atoms with Crippen molar-refractivity contribution >= 4 is 12.2 Å². The second kappa shape index (κ2) is 12.3. The van der Waals surface area contributed by atoms with E-state index in [4.69, 9.17) is 9.47 Å². The maximum Gasteiger partial charge on any atom is 0.407 e. The van der Waals surface area contributed by atoms with Crippen molar-refractivity contribution in [3.8, 4) is 0 Å². The van der Waals surface area contributed by atoms with Crippen LogP contribution < -0.4 is 16.0 Å². The first-order valence-electron chi connectivity index (χ1n) is 8.84. The van der Waals surface area contributed by atoms with E-state index < -0.39 is 12.2 Å². The number of carbonyl (C=O) groups is 2. The molecule has 2 rings (SSSR count). The average molecular weight is 371 g/mol. The molecule has 2 aromatic rings. The largest absolute Gasteiger partial charge is 0.445 e. The summed E-state index contributed by atoms with van der Waals surface area (Å²) < 4.78 is 10.2. The lowest BCUT2D eigenvalue weighted by Gasteiger charge is -2.09. The highest BCUT2D eigenvalue weighted by Crippen LogP contribution is 2.01. The van der Waals surface area contributed by atoms with Crippen molar-refractivity contribution in [2.45, 2.75) is 13.2 Å². The van der Waals surface area contributed by atoms with Crippen LogP contribution in [0.3, 0.4) is 0 Å². The molecule has 0 saturated heterocycles. The van der Waals surface area contributed by atoms with Gasteiger partial charge in [-0.1, -0.05) is 60.7 Å². The first-order valence-corrected chi connectivity index (χ1v) is 8.84. The predicted octanol–water partition coefficient (Wildman–Crippen LogP) is 2.43. The number of ether oxygens (including phenoxy) is 2. The van der Waals surface area contributed by atoms with Gasteiger partial charge in [0.05, 0.1) is 0 Å². The molecule has 7 heteroatoms. The summed E-state index contributed by atoms with van der Waals surface area (Å²) in [6.45, 7) is 2.50. The van der Waals surface area contributed by atoms with Crippen LogP contribution in [0.25, 0.3) is 0 Å². The van der Waals surface area contributed by atoms with Crippen LogP contribution >= 0.6 is 0 Å². The van der Waals surface area contributed by atoms with Crippen molar-refractivity contribution in [2.75, 3.05) is 26.2 Å². The minimum atomic E-state index is -0.455. The van der Waals surface area contributed by atoms with Crippen LogP contribution in [0.1, 0.15) is 11.1 Å². The number of hydrogen-bond donors (Lipinski definition) is 3. The van der Waals surface area contributed by atoms with Crippen molar-refractivity contribution in [3.05, 3.63) is 71.8 Å². The maximum atomic E-state index is 11.5. The molecule has 0 unspecified atom stereocenters. The molecule has 7 nitrogen and oxygen atoms in total. The third-order valence-corrected chi connectivity index (χ3v) is 3.57. The van der Waals surface area contributed by atoms with E-state index in [1.54, 1.807) is 0 Å². The number of alkyl carbamates (subject to hydrolysis) is 2. The van der Waals surface area contributed by atoms with Crippen molar-refractivity contribution in [3.63, 3.8) is 0 Å². The first-order chi connectivity index (χ1) is 13.2. The van der Waals surface area contributed by atoms with Crippen molar-refractivity contribution in [2.24, 2.45) is 0 Å². The van der Waals surface area contributed by atoms with Crippen LogP contribution in [0.15, 0.2) is 60.7 Å². The Hall–Kier alpha value is -3.06. The van der Waals surface area contributed by atoms with Gasteiger partial charge < -0.3 is 25.4 Å². The van der Waals surface area contributed by atoms with E-state index in [1.807, 2.05) is 60.7 Å². The predicted molar refractivity (Wildman–Crippen MR) is 102 cm³/mol. The second-order valence-corrected chi connectivity index (χ2v) is 5.73. The van der Waals surface area contributed by atoms with E-state index in [9.17, 15) is 9.59 Å². The minimum Gasteiger partial charge on any atom is -0.445 e. The summed E-state index contributed by atoms with van der Waals surface area (Å²) in [5.41, 5.74) is 1.88. The lowest BCUT2D eigenvalue weighted by atomic mass is 10.2. The summed E-state index contributed by atoms with van der Waals surface area (Å²) >= 11 is 0. The van der Waals surface area contributed by atoms with Gasteiger partial charge in [-0.3, -0.25) is 0 Å². The molecule has 0 aliphatic carbocycles. The van der Waals surface area contributed by atoms with Gasteiger partial charge in [-0.05, 0) is 11.1 Å². The lowest BCUT2D eigenvalue weighted by molar-refractivity contribution is 0.139. The van der Waals surface area contributed by atoms with Gasteiger partial charge in [-0.2, -0.15) is 0 Å². The molecule has 0 saturated carbocycles. The molecule has 0 atom stereocenters. The van der Waals surface area contributed by atoms with Crippen LogP contribution in [0, 0.1) is 0 Å². The molecule has 3 N–H and O–H groups in total. The summed E-state index contributed by atoms with van der Waals surface area (Å²) in [4.78, 5) is 23.1. The Morgan fingerprint density at radius 1 is 0.630 bits per heavy atom. The number of rotatable bonds is 10. The average Bonchev–Trinajstić information content (AvgIpc) is 2.71. The molecule has 0 aromatic heterocycles. The normalized spacial score (nSPS) is 10.1. The molecule has 2 aromatic carbocycles.